The van der Waals surface area contributed by atoms with Gasteiger partial charge in [0.25, 0.3) is 0 Å². The topological polar surface area (TPSA) is 20.2 Å². The molecular formula is C18H42NO+. The van der Waals surface area contributed by atoms with Gasteiger partial charge in [-0.2, -0.15) is 0 Å². The molecule has 0 radical (unpaired) electrons. The van der Waals surface area contributed by atoms with Gasteiger partial charge in [-0.05, 0) is 32.1 Å². The average Bonchev–Trinajstić information content (AvgIpc) is 2.50. The quantitative estimate of drug-likeness (QED) is 0.373. The Morgan fingerprint density at radius 3 is 1.25 bits per heavy atom. The van der Waals surface area contributed by atoms with Crippen molar-refractivity contribution < 1.29 is 9.59 Å². The molecule has 0 unspecified atom stereocenters. The second-order valence-electron chi connectivity index (χ2n) is 5.73. The fourth-order valence-electron chi connectivity index (χ4n) is 2.71. The minimum atomic E-state index is 0.356. The van der Waals surface area contributed by atoms with Gasteiger partial charge in [0, 0.05) is 6.61 Å². The number of hydrogen-bond acceptors (Lipinski definition) is 1. The van der Waals surface area contributed by atoms with Crippen LogP contribution in [0.25, 0.3) is 0 Å². The molecule has 0 rings (SSSR count). The molecule has 0 atom stereocenters. The zero-order valence-corrected chi connectivity index (χ0v) is 15.1. The summed E-state index contributed by atoms with van der Waals surface area (Å²) in [4.78, 5) is 0. The maximum Gasteiger partial charge on any atom is 0.0787 e. The molecule has 1 N–H and O–H groups in total. The number of nitrogens with zero attached hydrogens (tertiary/aromatic N) is 1. The molecule has 0 bridgehead atoms. The first-order valence-corrected chi connectivity index (χ1v) is 9.20. The van der Waals surface area contributed by atoms with Gasteiger partial charge in [-0.1, -0.05) is 53.9 Å². The lowest BCUT2D eigenvalue weighted by Crippen LogP contribution is -2.50. The lowest BCUT2D eigenvalue weighted by molar-refractivity contribution is -0.929. The van der Waals surface area contributed by atoms with Crippen molar-refractivity contribution in [3.8, 4) is 0 Å². The molecule has 0 saturated heterocycles. The largest absolute Gasteiger partial charge is 0.396 e. The van der Waals surface area contributed by atoms with Gasteiger partial charge in [0.15, 0.2) is 0 Å². The van der Waals surface area contributed by atoms with Crippen molar-refractivity contribution >= 4 is 0 Å². The van der Waals surface area contributed by atoms with Gasteiger partial charge in [0.05, 0.1) is 26.2 Å². The summed E-state index contributed by atoms with van der Waals surface area (Å²) in [7, 11) is 0. The molecule has 2 nitrogen and oxygen atoms in total. The molecule has 0 fully saturated rings. The number of hydrogen-bond donors (Lipinski definition) is 1. The second kappa shape index (κ2) is 17.0. The molecule has 20 heavy (non-hydrogen) atoms. The number of rotatable bonds is 13. The van der Waals surface area contributed by atoms with Crippen molar-refractivity contribution in [3.05, 3.63) is 0 Å². The van der Waals surface area contributed by atoms with Gasteiger partial charge in [-0.25, -0.2) is 0 Å². The Hall–Kier alpha value is -0.0800. The van der Waals surface area contributed by atoms with Crippen molar-refractivity contribution in [1.82, 2.24) is 0 Å². The van der Waals surface area contributed by atoms with E-state index in [2.05, 4.69) is 20.8 Å². The first-order chi connectivity index (χ1) is 9.74. The van der Waals surface area contributed by atoms with E-state index >= 15 is 0 Å². The zero-order chi connectivity index (χ0) is 15.7. The van der Waals surface area contributed by atoms with Crippen LogP contribution in [-0.4, -0.2) is 42.4 Å². The Kier molecular flexibility index (Phi) is 18.8. The monoisotopic (exact) mass is 288 g/mol. The summed E-state index contributed by atoms with van der Waals surface area (Å²) in [5.74, 6) is 0. The summed E-state index contributed by atoms with van der Waals surface area (Å²) in [6.07, 6.45) is 10.1. The van der Waals surface area contributed by atoms with Crippen LogP contribution >= 0.6 is 0 Å². The molecular weight excluding hydrogens is 246 g/mol. The van der Waals surface area contributed by atoms with Crippen LogP contribution < -0.4 is 0 Å². The van der Waals surface area contributed by atoms with Crippen molar-refractivity contribution in [2.75, 3.05) is 32.8 Å². The number of unbranched alkanes of at least 4 members (excludes halogenated alkanes) is 4. The van der Waals surface area contributed by atoms with Crippen molar-refractivity contribution in [3.63, 3.8) is 0 Å². The third-order valence-electron chi connectivity index (χ3n) is 4.00. The fourth-order valence-corrected chi connectivity index (χ4v) is 2.71. The molecule has 0 spiro atoms. The SMILES string of the molecule is CC.CCCC[N+](CCCC)(CCCC)CCCCO. The van der Waals surface area contributed by atoms with E-state index in [1.807, 2.05) is 13.8 Å². The molecule has 0 aliphatic rings. The molecule has 0 amide bonds. The Morgan fingerprint density at radius 2 is 0.950 bits per heavy atom. The van der Waals surface area contributed by atoms with E-state index in [1.54, 1.807) is 0 Å². The van der Waals surface area contributed by atoms with Gasteiger partial charge >= 0.3 is 0 Å². The Balaban J connectivity index is 0. The van der Waals surface area contributed by atoms with Crippen molar-refractivity contribution in [2.24, 2.45) is 0 Å². The molecule has 0 aliphatic carbocycles. The Morgan fingerprint density at radius 1 is 0.600 bits per heavy atom. The first kappa shape index (κ1) is 22.2. The molecule has 0 aliphatic heterocycles. The summed E-state index contributed by atoms with van der Waals surface area (Å²) >= 11 is 0. The number of aliphatic hydroxyl groups excluding tert-OH is 1. The normalized spacial score (nSPS) is 11.1. The van der Waals surface area contributed by atoms with Gasteiger partial charge in [0.2, 0.25) is 0 Å². The lowest BCUT2D eigenvalue weighted by Gasteiger charge is -2.39. The summed E-state index contributed by atoms with van der Waals surface area (Å²) in [6.45, 7) is 16.6. The second-order valence-corrected chi connectivity index (χ2v) is 5.73. The minimum absolute atomic E-state index is 0.356. The maximum absolute atomic E-state index is 8.98. The highest BCUT2D eigenvalue weighted by Crippen LogP contribution is 2.16. The molecule has 0 saturated carbocycles. The first-order valence-electron chi connectivity index (χ1n) is 9.20. The lowest BCUT2D eigenvalue weighted by atomic mass is 10.1. The predicted octanol–water partition coefficient (Wildman–Crippen LogP) is 5.00. The van der Waals surface area contributed by atoms with E-state index in [-0.39, 0.29) is 0 Å². The molecule has 124 valence electrons. The van der Waals surface area contributed by atoms with Crippen LogP contribution in [0.1, 0.15) is 86.0 Å². The van der Waals surface area contributed by atoms with E-state index in [4.69, 9.17) is 5.11 Å². The molecule has 2 heteroatoms. The number of quaternary nitrogens is 1. The van der Waals surface area contributed by atoms with Crippen molar-refractivity contribution in [2.45, 2.75) is 86.0 Å². The maximum atomic E-state index is 8.98. The standard InChI is InChI=1S/C16H36NO.C2H6/c1-4-7-12-17(13-8-5-2,14-9-6-3)15-10-11-16-18;1-2/h18H,4-16H2,1-3H3;1-2H3/q+1;. The van der Waals surface area contributed by atoms with E-state index in [0.29, 0.717) is 6.61 Å². The molecule has 0 aromatic rings. The van der Waals surface area contributed by atoms with E-state index in [0.717, 1.165) is 6.42 Å². The Bertz CT molecular complexity index is 149. The zero-order valence-electron chi connectivity index (χ0n) is 15.1. The highest BCUT2D eigenvalue weighted by atomic mass is 16.2. The summed E-state index contributed by atoms with van der Waals surface area (Å²) < 4.78 is 1.32. The van der Waals surface area contributed by atoms with Crippen LogP contribution in [0.4, 0.5) is 0 Å². The highest BCUT2D eigenvalue weighted by Gasteiger charge is 2.24. The van der Waals surface area contributed by atoms with Crippen LogP contribution in [0.5, 0.6) is 0 Å². The molecule has 0 heterocycles. The summed E-state index contributed by atoms with van der Waals surface area (Å²) in [5.41, 5.74) is 0. The predicted molar refractivity (Wildman–Crippen MR) is 92.1 cm³/mol. The van der Waals surface area contributed by atoms with Crippen LogP contribution in [0.3, 0.4) is 0 Å². The van der Waals surface area contributed by atoms with E-state index < -0.39 is 0 Å². The highest BCUT2D eigenvalue weighted by molar-refractivity contribution is 4.50. The molecule has 0 aromatic carbocycles. The minimum Gasteiger partial charge on any atom is -0.396 e. The van der Waals surface area contributed by atoms with Gasteiger partial charge in [0.1, 0.15) is 0 Å². The fraction of sp³-hybridized carbons (Fsp3) is 1.00. The van der Waals surface area contributed by atoms with Crippen LogP contribution in [0.15, 0.2) is 0 Å². The smallest absolute Gasteiger partial charge is 0.0787 e. The van der Waals surface area contributed by atoms with Gasteiger partial charge in [-0.15, -0.1) is 0 Å². The third kappa shape index (κ3) is 11.7. The van der Waals surface area contributed by atoms with Gasteiger partial charge in [-0.3, -0.25) is 0 Å². The van der Waals surface area contributed by atoms with Crippen LogP contribution in [-0.2, 0) is 0 Å². The summed E-state index contributed by atoms with van der Waals surface area (Å²) in [5, 5.41) is 8.98. The Labute approximate surface area is 129 Å². The number of aliphatic hydroxyl groups is 1. The van der Waals surface area contributed by atoms with Crippen LogP contribution in [0, 0.1) is 0 Å². The molecule has 0 aromatic heterocycles. The van der Waals surface area contributed by atoms with E-state index in [1.165, 1.54) is 75.6 Å². The van der Waals surface area contributed by atoms with Crippen LogP contribution in [0.2, 0.25) is 0 Å². The summed E-state index contributed by atoms with van der Waals surface area (Å²) in [6, 6.07) is 0. The van der Waals surface area contributed by atoms with Crippen molar-refractivity contribution in [1.29, 1.82) is 0 Å². The average molecular weight is 289 g/mol. The van der Waals surface area contributed by atoms with Gasteiger partial charge < -0.3 is 9.59 Å². The van der Waals surface area contributed by atoms with E-state index in [9.17, 15) is 0 Å². The third-order valence-corrected chi connectivity index (χ3v) is 4.00.